The summed E-state index contributed by atoms with van der Waals surface area (Å²) in [6, 6.07) is 24.6. The number of carbonyl (C=O) groups is 2. The zero-order valence-electron chi connectivity index (χ0n) is 27.1. The van der Waals surface area contributed by atoms with E-state index in [1.807, 2.05) is 75.4 Å². The summed E-state index contributed by atoms with van der Waals surface area (Å²) in [5.74, 6) is -1.08. The highest BCUT2D eigenvalue weighted by Crippen LogP contribution is 2.32. The molecule has 0 fully saturated rings. The molecule has 4 aromatic carbocycles. The summed E-state index contributed by atoms with van der Waals surface area (Å²) < 4.78 is 54.1. The minimum Gasteiger partial charge on any atom is -0.493 e. The van der Waals surface area contributed by atoms with E-state index in [9.17, 15) is 22.4 Å². The number of aryl methyl sites for hydroxylation is 1. The van der Waals surface area contributed by atoms with Crippen LogP contribution in [0.25, 0.3) is 0 Å². The van der Waals surface area contributed by atoms with E-state index in [1.54, 1.807) is 0 Å². The predicted molar refractivity (Wildman–Crippen MR) is 179 cm³/mol. The van der Waals surface area contributed by atoms with Gasteiger partial charge in [-0.2, -0.15) is 0 Å². The van der Waals surface area contributed by atoms with Crippen molar-refractivity contribution in [2.24, 2.45) is 0 Å². The van der Waals surface area contributed by atoms with Crippen LogP contribution in [0, 0.1) is 12.7 Å². The maximum Gasteiger partial charge on any atom is 0.264 e. The topological polar surface area (TPSA) is 105 Å². The van der Waals surface area contributed by atoms with Gasteiger partial charge in [0.05, 0.1) is 24.8 Å². The molecule has 0 radical (unpaired) electrons. The van der Waals surface area contributed by atoms with Gasteiger partial charge in [-0.05, 0) is 68.3 Å². The van der Waals surface area contributed by atoms with Gasteiger partial charge in [0, 0.05) is 25.1 Å². The van der Waals surface area contributed by atoms with Crippen molar-refractivity contribution in [2.45, 2.75) is 50.7 Å². The third kappa shape index (κ3) is 8.88. The number of ether oxygens (including phenoxy) is 2. The van der Waals surface area contributed by atoms with E-state index in [4.69, 9.17) is 9.47 Å². The Morgan fingerprint density at radius 2 is 1.49 bits per heavy atom. The fourth-order valence-electron chi connectivity index (χ4n) is 5.18. The van der Waals surface area contributed by atoms with Gasteiger partial charge in [0.2, 0.25) is 11.8 Å². The summed E-state index contributed by atoms with van der Waals surface area (Å²) in [5.41, 5.74) is 2.62. The van der Waals surface area contributed by atoms with Crippen molar-refractivity contribution in [3.8, 4) is 11.5 Å². The van der Waals surface area contributed by atoms with Crippen LogP contribution in [0.5, 0.6) is 11.5 Å². The van der Waals surface area contributed by atoms with Crippen molar-refractivity contribution >= 4 is 27.5 Å². The van der Waals surface area contributed by atoms with Gasteiger partial charge in [0.25, 0.3) is 10.0 Å². The lowest BCUT2D eigenvalue weighted by Crippen LogP contribution is -2.54. The fourth-order valence-corrected chi connectivity index (χ4v) is 6.61. The summed E-state index contributed by atoms with van der Waals surface area (Å²) >= 11 is 0. The van der Waals surface area contributed by atoms with Crippen LogP contribution in [0.2, 0.25) is 0 Å². The Hall–Kier alpha value is -4.90. The van der Waals surface area contributed by atoms with E-state index in [0.29, 0.717) is 5.75 Å². The van der Waals surface area contributed by atoms with E-state index >= 15 is 0 Å². The van der Waals surface area contributed by atoms with Gasteiger partial charge in [-0.1, -0.05) is 60.2 Å². The minimum absolute atomic E-state index is 0.0389. The van der Waals surface area contributed by atoms with Gasteiger partial charge >= 0.3 is 0 Å². The molecule has 0 spiro atoms. The molecule has 47 heavy (non-hydrogen) atoms. The van der Waals surface area contributed by atoms with E-state index < -0.39 is 34.3 Å². The largest absolute Gasteiger partial charge is 0.493 e. The van der Waals surface area contributed by atoms with Crippen LogP contribution in [-0.4, -0.2) is 58.0 Å². The van der Waals surface area contributed by atoms with Gasteiger partial charge in [0.15, 0.2) is 11.5 Å². The Balaban J connectivity index is 1.83. The first kappa shape index (κ1) is 35.0. The molecular formula is C36H40FN3O6S. The number of carbonyl (C=O) groups excluding carboxylic acids is 2. The molecule has 1 N–H and O–H groups in total. The first-order chi connectivity index (χ1) is 22.4. The summed E-state index contributed by atoms with van der Waals surface area (Å²) in [5, 5.41) is 2.93. The number of nitrogens with zero attached hydrogens (tertiary/aromatic N) is 2. The van der Waals surface area contributed by atoms with Gasteiger partial charge < -0.3 is 19.7 Å². The molecule has 0 heterocycles. The van der Waals surface area contributed by atoms with Gasteiger partial charge in [-0.3, -0.25) is 13.9 Å². The first-order valence-electron chi connectivity index (χ1n) is 15.1. The van der Waals surface area contributed by atoms with Crippen molar-refractivity contribution in [1.29, 1.82) is 0 Å². The lowest BCUT2D eigenvalue weighted by molar-refractivity contribution is -0.140. The van der Waals surface area contributed by atoms with Crippen LogP contribution in [-0.2, 0) is 32.6 Å². The maximum absolute atomic E-state index is 14.5. The van der Waals surface area contributed by atoms with Gasteiger partial charge in [-0.25, -0.2) is 12.8 Å². The Morgan fingerprint density at radius 1 is 0.830 bits per heavy atom. The fraction of sp³-hybridized carbons (Fsp3) is 0.278. The normalized spacial score (nSPS) is 11.9. The Kier molecular flexibility index (Phi) is 11.6. The molecule has 4 rings (SSSR count). The number of rotatable bonds is 14. The average Bonchev–Trinajstić information content (AvgIpc) is 3.05. The molecule has 0 aliphatic carbocycles. The highest BCUT2D eigenvalue weighted by atomic mass is 32.2. The number of halogens is 1. The number of hydrogen-bond acceptors (Lipinski definition) is 6. The number of amides is 2. The zero-order valence-corrected chi connectivity index (χ0v) is 28.0. The van der Waals surface area contributed by atoms with Crippen molar-refractivity contribution < 1.29 is 31.9 Å². The third-order valence-corrected chi connectivity index (χ3v) is 9.24. The average molecular weight is 662 g/mol. The van der Waals surface area contributed by atoms with Crippen molar-refractivity contribution in [1.82, 2.24) is 10.2 Å². The van der Waals surface area contributed by atoms with Crippen molar-refractivity contribution in [2.75, 3.05) is 25.1 Å². The summed E-state index contributed by atoms with van der Waals surface area (Å²) in [4.78, 5) is 29.6. The molecule has 0 saturated heterocycles. The first-order valence-corrected chi connectivity index (χ1v) is 16.6. The van der Waals surface area contributed by atoms with Crippen LogP contribution in [0.4, 0.5) is 10.1 Å². The van der Waals surface area contributed by atoms with E-state index in [0.717, 1.165) is 33.1 Å². The van der Waals surface area contributed by atoms with Crippen molar-refractivity contribution in [3.05, 3.63) is 120 Å². The minimum atomic E-state index is -4.43. The van der Waals surface area contributed by atoms with Crippen LogP contribution in [0.1, 0.15) is 30.5 Å². The quantitative estimate of drug-likeness (QED) is 0.191. The van der Waals surface area contributed by atoms with Gasteiger partial charge in [-0.15, -0.1) is 0 Å². The maximum atomic E-state index is 14.5. The number of sulfonamides is 1. The van der Waals surface area contributed by atoms with E-state index in [1.165, 1.54) is 49.5 Å². The Morgan fingerprint density at radius 3 is 2.11 bits per heavy atom. The van der Waals surface area contributed by atoms with Crippen LogP contribution in [0.15, 0.2) is 102 Å². The molecule has 0 aliphatic rings. The second-order valence-corrected chi connectivity index (χ2v) is 13.2. The van der Waals surface area contributed by atoms with Crippen LogP contribution >= 0.6 is 0 Å². The van der Waals surface area contributed by atoms with Crippen LogP contribution in [0.3, 0.4) is 0 Å². The SMILES string of the molecule is COc1ccc(S(=O)(=O)N(CC(=O)N(Cc2cccc(C)c2)[C@H](Cc2ccccc2)C(=O)NC(C)C)c2ccc(F)cc2)cc1OC. The number of nitrogens with one attached hydrogen (secondary N) is 1. The summed E-state index contributed by atoms with van der Waals surface area (Å²) in [6.07, 6.45) is 0.190. The number of hydrogen-bond donors (Lipinski definition) is 1. The van der Waals surface area contributed by atoms with E-state index in [-0.39, 0.29) is 41.2 Å². The third-order valence-electron chi connectivity index (χ3n) is 7.47. The second kappa shape index (κ2) is 15.6. The molecule has 248 valence electrons. The number of methoxy groups -OCH3 is 2. The number of anilines is 1. The standard InChI is InChI=1S/C36H40FN3O6S/c1-25(2)38-36(42)32(21-27-11-7-6-8-12-27)39(23-28-13-9-10-26(3)20-28)35(41)24-40(30-16-14-29(37)15-17-30)47(43,44)31-18-19-33(45-4)34(22-31)46-5/h6-20,22,25,32H,21,23-24H2,1-5H3,(H,38,42)/t32-/m1/s1. The predicted octanol–water partition coefficient (Wildman–Crippen LogP) is 5.51. The summed E-state index contributed by atoms with van der Waals surface area (Å²) in [7, 11) is -1.62. The molecule has 0 saturated carbocycles. The monoisotopic (exact) mass is 661 g/mol. The highest BCUT2D eigenvalue weighted by molar-refractivity contribution is 7.92. The molecule has 0 unspecified atom stereocenters. The molecule has 4 aromatic rings. The number of benzene rings is 4. The molecule has 0 aliphatic heterocycles. The molecule has 2 amide bonds. The molecule has 0 aromatic heterocycles. The Bertz CT molecular complexity index is 1780. The molecule has 11 heteroatoms. The van der Waals surface area contributed by atoms with Crippen molar-refractivity contribution in [3.63, 3.8) is 0 Å². The Labute approximate surface area is 276 Å². The highest BCUT2D eigenvalue weighted by Gasteiger charge is 2.35. The second-order valence-electron chi connectivity index (χ2n) is 11.4. The van der Waals surface area contributed by atoms with Gasteiger partial charge in [0.1, 0.15) is 18.4 Å². The lowest BCUT2D eigenvalue weighted by atomic mass is 10.0. The molecule has 9 nitrogen and oxygen atoms in total. The smallest absolute Gasteiger partial charge is 0.264 e. The summed E-state index contributed by atoms with van der Waals surface area (Å²) in [6.45, 7) is 4.95. The molecule has 1 atom stereocenters. The van der Waals surface area contributed by atoms with E-state index in [2.05, 4.69) is 5.32 Å². The lowest BCUT2D eigenvalue weighted by Gasteiger charge is -2.34. The molecular weight excluding hydrogens is 621 g/mol. The van der Waals surface area contributed by atoms with Crippen LogP contribution < -0.4 is 19.1 Å². The zero-order chi connectivity index (χ0) is 34.1. The molecule has 0 bridgehead atoms.